The van der Waals surface area contributed by atoms with Crippen molar-refractivity contribution < 1.29 is 80.1 Å². The highest BCUT2D eigenvalue weighted by molar-refractivity contribution is 6.39. The van der Waals surface area contributed by atoms with E-state index in [2.05, 4.69) is 0 Å². The molecule has 69 heavy (non-hydrogen) atoms. The number of allylic oxidation sites excluding steroid dienone is 6. The Morgan fingerprint density at radius 2 is 1.70 bits per heavy atom. The van der Waals surface area contributed by atoms with Gasteiger partial charge in [0.15, 0.2) is 5.78 Å². The lowest BCUT2D eigenvalue weighted by Gasteiger charge is -2.42. The fraction of sp³-hybridized carbons (Fsp3) is 0.759. The second-order valence-electron chi connectivity index (χ2n) is 19.5. The minimum atomic E-state index is -3.10. The van der Waals surface area contributed by atoms with Gasteiger partial charge in [0.1, 0.15) is 30.1 Å². The number of aliphatic hydroxyl groups is 3. The maximum atomic E-state index is 14.6. The number of esters is 1. The predicted octanol–water partition coefficient (Wildman–Crippen LogP) is 6.44. The molecule has 15 nitrogen and oxygen atoms in total. The summed E-state index contributed by atoms with van der Waals surface area (Å²) in [6.07, 6.45) is -0.590. The second kappa shape index (κ2) is 27.4. The van der Waals surface area contributed by atoms with Crippen molar-refractivity contribution in [3.05, 3.63) is 47.6 Å². The number of cyclic esters (lactones) is 1. The summed E-state index contributed by atoms with van der Waals surface area (Å²) in [4.78, 5) is 73.0. The standard InChI is InChI=1S/C54H85NO14/c1-32-17-13-12-14-18-33(2)45(64-9)30-41-22-20-37(6)54(63,69-41)51(60)52(61)55-24-16-15-19-42(55)53(62)68-46(35(4)28-40-21-23-44(67-26-25-56)47(29-40)65-10)31-43(57)34(3)27-36(5)48(58)50(66-11)49(59)39(8)38(32)7/h12-14,17-18,27,32,34-35,37-42,44-48,50,56,58,63H,15-16,19-26,28-31H2,1-11H3/b14-12+,17-13+,33-18+,36-27+/t32-,34-,35-,37-,38?,39-,40+,41+,42+,44-,45+,46+,47-,48-,50-,54-/m1/s1/i9D3,20D2,26D2,32D,38D. The lowest BCUT2D eigenvalue weighted by molar-refractivity contribution is -0.265. The first-order valence-electron chi connectivity index (χ1n) is 28.9. The SMILES string of the molecule is [2H]C([2H])([2H])O[C@H]1C[C@@H]2CC([2H])([2H])[C@@H](C)[C@@](O)(O2)C(=O)C(=O)N2CCCC[C@H]2C(=O)O[C@H]([C@H](C)C[C@@H]2CC[C@@H](OC([2H])([2H])CO)[C@H](OC)C2)CC(=O)[C@H](C)/C=C(\C)[C@@H](O)[C@@H](OC)C(=O)[C@H](C)C([2H])(C)[C@]([2H])(C)/C=C/C=C/C=C/1C. The van der Waals surface area contributed by atoms with Crippen LogP contribution in [-0.4, -0.2) is 145 Å². The zero-order chi connectivity index (χ0) is 59.1. The molecule has 1 aliphatic carbocycles. The Balaban J connectivity index is 1.82. The molecular formula is C54H85NO14. The average Bonchev–Trinajstić information content (AvgIpc) is 3.37. The molecule has 4 rings (SSSR count). The summed E-state index contributed by atoms with van der Waals surface area (Å²) in [5, 5.41) is 33.3. The zero-order valence-corrected chi connectivity index (χ0v) is 42.2. The Morgan fingerprint density at radius 1 is 0.957 bits per heavy atom. The summed E-state index contributed by atoms with van der Waals surface area (Å²) in [7, 11) is -0.303. The number of ketones is 3. The number of amides is 1. The number of Topliss-reactive ketones (excluding diaryl/α,β-unsaturated/α-hetero) is 3. The van der Waals surface area contributed by atoms with Crippen molar-refractivity contribution >= 4 is 29.2 Å². The number of aliphatic hydroxyl groups excluding tert-OH is 2. The van der Waals surface area contributed by atoms with Crippen LogP contribution in [0.25, 0.3) is 0 Å². The number of methoxy groups -OCH3 is 3. The Bertz CT molecular complexity index is 2240. The lowest BCUT2D eigenvalue weighted by Crippen LogP contribution is -2.61. The van der Waals surface area contributed by atoms with E-state index in [9.17, 15) is 42.0 Å². The minimum absolute atomic E-state index is 0.0185. The van der Waals surface area contributed by atoms with Gasteiger partial charge < -0.3 is 48.6 Å². The molecule has 0 aromatic heterocycles. The first-order chi connectivity index (χ1) is 36.0. The number of carbonyl (C=O) groups is 5. The van der Waals surface area contributed by atoms with E-state index in [1.807, 2.05) is 0 Å². The van der Waals surface area contributed by atoms with Crippen molar-refractivity contribution in [1.82, 2.24) is 4.90 Å². The van der Waals surface area contributed by atoms with E-state index in [0.29, 0.717) is 44.1 Å². The van der Waals surface area contributed by atoms with Crippen molar-refractivity contribution in [3.8, 4) is 0 Å². The van der Waals surface area contributed by atoms with Crippen molar-refractivity contribution in [3.63, 3.8) is 0 Å². The van der Waals surface area contributed by atoms with Crippen molar-refractivity contribution in [2.24, 2.45) is 41.4 Å². The van der Waals surface area contributed by atoms with Gasteiger partial charge in [0.25, 0.3) is 11.7 Å². The minimum Gasteiger partial charge on any atom is -0.460 e. The van der Waals surface area contributed by atoms with Crippen LogP contribution in [0.15, 0.2) is 47.6 Å². The summed E-state index contributed by atoms with van der Waals surface area (Å²) >= 11 is 0. The van der Waals surface area contributed by atoms with Crippen molar-refractivity contribution in [2.45, 2.75) is 181 Å². The van der Waals surface area contributed by atoms with Gasteiger partial charge in [0, 0.05) is 63.9 Å². The van der Waals surface area contributed by atoms with Crippen molar-refractivity contribution in [2.75, 3.05) is 41.0 Å². The molecule has 4 aliphatic rings. The highest BCUT2D eigenvalue weighted by Gasteiger charge is 2.53. The Hall–Kier alpha value is -3.41. The topological polar surface area (TPSA) is 205 Å². The van der Waals surface area contributed by atoms with Crippen LogP contribution in [0.4, 0.5) is 0 Å². The molecule has 1 saturated carbocycles. The summed E-state index contributed by atoms with van der Waals surface area (Å²) in [5.74, 6) is -16.1. The molecule has 0 radical (unpaired) electrons. The van der Waals surface area contributed by atoms with E-state index in [-0.39, 0.29) is 30.9 Å². The normalized spacial score (nSPS) is 45.0. The molecule has 3 aliphatic heterocycles. The molecule has 1 unspecified atom stereocenters. The summed E-state index contributed by atoms with van der Waals surface area (Å²) < 4.78 is 110. The van der Waals surface area contributed by atoms with E-state index < -0.39 is 159 Å². The number of nitrogens with zero attached hydrogens (tertiary/aromatic N) is 1. The number of rotatable bonds is 9. The molecule has 15 heteroatoms. The van der Waals surface area contributed by atoms with Gasteiger partial charge in [-0.1, -0.05) is 78.0 Å². The quantitative estimate of drug-likeness (QED) is 0.129. The van der Waals surface area contributed by atoms with E-state index in [1.54, 1.807) is 13.8 Å². The average molecular weight is 981 g/mol. The zero-order valence-electron chi connectivity index (χ0n) is 51.2. The van der Waals surface area contributed by atoms with Crippen LogP contribution < -0.4 is 0 Å². The van der Waals surface area contributed by atoms with Gasteiger partial charge in [-0.15, -0.1) is 0 Å². The number of fused-ring (bicyclic) bond motifs is 3. The van der Waals surface area contributed by atoms with Crippen LogP contribution in [0.3, 0.4) is 0 Å². The molecule has 2 saturated heterocycles. The van der Waals surface area contributed by atoms with E-state index >= 15 is 0 Å². The lowest BCUT2D eigenvalue weighted by atomic mass is 9.78. The van der Waals surface area contributed by atoms with Gasteiger partial charge in [0.05, 0.1) is 44.4 Å². The molecule has 1 amide bonds. The number of hydrogen-bond donors (Lipinski definition) is 3. The summed E-state index contributed by atoms with van der Waals surface area (Å²) in [5.41, 5.74) is 0.474. The maximum absolute atomic E-state index is 14.6. The second-order valence-corrected chi connectivity index (χ2v) is 19.5. The molecule has 3 heterocycles. The van der Waals surface area contributed by atoms with Gasteiger partial charge in [-0.2, -0.15) is 0 Å². The third-order valence-corrected chi connectivity index (χ3v) is 14.7. The van der Waals surface area contributed by atoms with Crippen LogP contribution in [0.1, 0.15) is 138 Å². The molecule has 0 aromatic carbocycles. The van der Waals surface area contributed by atoms with Crippen LogP contribution in [0, 0.1) is 41.4 Å². The molecule has 2 bridgehead atoms. The Morgan fingerprint density at radius 3 is 2.38 bits per heavy atom. The molecular weight excluding hydrogens is 887 g/mol. The highest BCUT2D eigenvalue weighted by Crippen LogP contribution is 2.38. The summed E-state index contributed by atoms with van der Waals surface area (Å²) in [6.45, 7) is 8.60. The van der Waals surface area contributed by atoms with Gasteiger partial charge in [-0.3, -0.25) is 19.2 Å². The third-order valence-electron chi connectivity index (χ3n) is 14.7. The molecule has 390 valence electrons. The van der Waals surface area contributed by atoms with Gasteiger partial charge in [0.2, 0.25) is 5.79 Å². The molecule has 0 spiro atoms. The van der Waals surface area contributed by atoms with Gasteiger partial charge >= 0.3 is 5.97 Å². The molecule has 16 atom stereocenters. The first-order valence-corrected chi connectivity index (χ1v) is 24.4. The van der Waals surface area contributed by atoms with Gasteiger partial charge in [-0.05, 0) is 106 Å². The van der Waals surface area contributed by atoms with Crippen LogP contribution >= 0.6 is 0 Å². The highest BCUT2D eigenvalue weighted by atomic mass is 16.6. The number of ether oxygens (including phenoxy) is 6. The largest absolute Gasteiger partial charge is 0.460 e. The predicted molar refractivity (Wildman–Crippen MR) is 261 cm³/mol. The fourth-order valence-corrected chi connectivity index (χ4v) is 9.81. The van der Waals surface area contributed by atoms with E-state index in [1.165, 1.54) is 92.2 Å². The van der Waals surface area contributed by atoms with Crippen molar-refractivity contribution in [1.29, 1.82) is 0 Å². The Kier molecular flexibility index (Phi) is 18.1. The fourth-order valence-electron chi connectivity index (χ4n) is 9.81. The number of piperidine rings is 1. The molecule has 3 fully saturated rings. The van der Waals surface area contributed by atoms with E-state index in [0.717, 1.165) is 4.90 Å². The number of carbonyl (C=O) groups excluding carboxylic acids is 5. The van der Waals surface area contributed by atoms with Crippen LogP contribution in [0.2, 0.25) is 0 Å². The summed E-state index contributed by atoms with van der Waals surface area (Å²) in [6, 6.07) is -1.40. The van der Waals surface area contributed by atoms with Crippen LogP contribution in [-0.2, 0) is 52.4 Å². The van der Waals surface area contributed by atoms with Crippen LogP contribution in [0.5, 0.6) is 0 Å². The Labute approximate surface area is 424 Å². The van der Waals surface area contributed by atoms with Gasteiger partial charge in [-0.25, -0.2) is 4.79 Å². The maximum Gasteiger partial charge on any atom is 0.329 e. The third kappa shape index (κ3) is 15.3. The number of hydrogen-bond acceptors (Lipinski definition) is 14. The van der Waals surface area contributed by atoms with E-state index in [4.69, 9.17) is 38.0 Å². The first kappa shape index (κ1) is 45.5. The smallest absolute Gasteiger partial charge is 0.329 e. The molecule has 3 N–H and O–H groups in total. The monoisotopic (exact) mass is 981 g/mol. The molecule has 0 aromatic rings.